The lowest BCUT2D eigenvalue weighted by Gasteiger charge is -2.27. The lowest BCUT2D eigenvalue weighted by atomic mass is 10.0. The quantitative estimate of drug-likeness (QED) is 0.128. The molecule has 0 aliphatic heterocycles. The Morgan fingerprint density at radius 2 is 0.441 bits per heavy atom. The number of nitrogens with zero attached hydrogens (tertiary/aromatic N) is 2. The summed E-state index contributed by atoms with van der Waals surface area (Å²) >= 11 is 3.60. The van der Waals surface area contributed by atoms with E-state index in [9.17, 15) is 0 Å². The second kappa shape index (κ2) is 18.2. The summed E-state index contributed by atoms with van der Waals surface area (Å²) in [5.74, 6) is 0. The molecule has 0 saturated heterocycles. The molecule has 0 radical (unpaired) electrons. The Kier molecular flexibility index (Phi) is 11.0. The Morgan fingerprint density at radius 3 is 0.735 bits per heavy atom. The molecule has 0 N–H and O–H groups in total. The molecule has 0 aliphatic rings. The van der Waals surface area contributed by atoms with Gasteiger partial charge >= 0.3 is 0 Å². The van der Waals surface area contributed by atoms with Crippen molar-refractivity contribution in [1.82, 2.24) is 0 Å². The van der Waals surface area contributed by atoms with Gasteiger partial charge in [-0.15, -0.1) is 22.7 Å². The van der Waals surface area contributed by atoms with Gasteiger partial charge in [0.05, 0.1) is 0 Å². The predicted molar refractivity (Wildman–Crippen MR) is 294 cm³/mol. The summed E-state index contributed by atoms with van der Waals surface area (Å²) in [5.41, 5.74) is 18.7. The van der Waals surface area contributed by atoms with Crippen molar-refractivity contribution in [2.75, 3.05) is 9.80 Å². The molecule has 0 saturated carbocycles. The first-order valence-corrected chi connectivity index (χ1v) is 24.7. The Balaban J connectivity index is 0.863. The molecule has 10 aromatic carbocycles. The summed E-state index contributed by atoms with van der Waals surface area (Å²) in [6.45, 7) is 0. The van der Waals surface area contributed by atoms with Gasteiger partial charge in [-0.05, 0) is 140 Å². The minimum atomic E-state index is 1.09. The molecule has 0 fully saturated rings. The van der Waals surface area contributed by atoms with Gasteiger partial charge < -0.3 is 9.80 Å². The fourth-order valence-corrected chi connectivity index (χ4v) is 11.3. The first-order chi connectivity index (χ1) is 33.7. The van der Waals surface area contributed by atoms with Gasteiger partial charge in [0.2, 0.25) is 0 Å². The minimum Gasteiger partial charge on any atom is -0.311 e. The number of hydrogen-bond acceptors (Lipinski definition) is 4. The molecule has 4 heteroatoms. The van der Waals surface area contributed by atoms with Crippen molar-refractivity contribution in [3.63, 3.8) is 0 Å². The van der Waals surface area contributed by atoms with Crippen LogP contribution in [0, 0.1) is 0 Å². The number of hydrogen-bond donors (Lipinski definition) is 0. The van der Waals surface area contributed by atoms with Crippen LogP contribution < -0.4 is 9.80 Å². The third kappa shape index (κ3) is 8.07. The SMILES string of the molecule is c1ccc(-c2ccc(N(c3ccc(-c4ccc(N(c5ccc(-c6ccccc6)cc5)c5ccc(-c6csc7ccccc67)cc5)cc4)cc3)c3ccc(-c4csc5ccccc45)cc3)cc2)cc1. The van der Waals surface area contributed by atoms with Gasteiger partial charge in [0.25, 0.3) is 0 Å². The number of fused-ring (bicyclic) bond motifs is 2. The molecule has 12 rings (SSSR count). The standard InChI is InChI=1S/C64H44N2S2/c1-3-11-45(12-4-1)47-19-31-53(32-20-47)65(57-39-27-51(28-40-57)61-43-67-63-17-9-7-15-59(61)63)55-35-23-49(24-36-55)50-25-37-56(38-26-50)66(54-33-21-48(22-34-54)46-13-5-2-6-14-46)58-41-29-52(30-42-58)62-44-68-64-18-10-8-16-60(62)64/h1-44H. The van der Waals surface area contributed by atoms with Crippen molar-refractivity contribution in [1.29, 1.82) is 0 Å². The molecule has 0 atom stereocenters. The Labute approximate surface area is 405 Å². The van der Waals surface area contributed by atoms with E-state index in [1.54, 1.807) is 22.7 Å². The van der Waals surface area contributed by atoms with Crippen LogP contribution in [0.5, 0.6) is 0 Å². The van der Waals surface area contributed by atoms with Crippen LogP contribution in [0.15, 0.2) is 266 Å². The van der Waals surface area contributed by atoms with E-state index in [0.29, 0.717) is 0 Å². The molecule has 12 aromatic rings. The van der Waals surface area contributed by atoms with Gasteiger partial charge in [-0.3, -0.25) is 0 Å². The van der Waals surface area contributed by atoms with E-state index < -0.39 is 0 Å². The van der Waals surface area contributed by atoms with Crippen molar-refractivity contribution >= 4 is 77.0 Å². The third-order valence-electron chi connectivity index (χ3n) is 12.9. The zero-order chi connectivity index (χ0) is 45.2. The van der Waals surface area contributed by atoms with E-state index in [1.165, 1.54) is 64.7 Å². The Morgan fingerprint density at radius 1 is 0.206 bits per heavy atom. The molecular weight excluding hydrogens is 861 g/mol. The normalized spacial score (nSPS) is 11.2. The molecule has 68 heavy (non-hydrogen) atoms. The Hall–Kier alpha value is -8.28. The van der Waals surface area contributed by atoms with E-state index >= 15 is 0 Å². The second-order valence-electron chi connectivity index (χ2n) is 17.0. The lowest BCUT2D eigenvalue weighted by molar-refractivity contribution is 1.28. The monoisotopic (exact) mass is 904 g/mol. The Bertz CT molecular complexity index is 3370. The second-order valence-corrected chi connectivity index (χ2v) is 18.8. The van der Waals surface area contributed by atoms with Crippen LogP contribution in [0.2, 0.25) is 0 Å². The van der Waals surface area contributed by atoms with Crippen molar-refractivity contribution in [2.45, 2.75) is 0 Å². The van der Waals surface area contributed by atoms with Crippen LogP contribution in [0.1, 0.15) is 0 Å². The minimum absolute atomic E-state index is 1.09. The van der Waals surface area contributed by atoms with Crippen LogP contribution in [0.25, 0.3) is 75.8 Å². The van der Waals surface area contributed by atoms with E-state index in [4.69, 9.17) is 0 Å². The summed E-state index contributed by atoms with van der Waals surface area (Å²) < 4.78 is 2.61. The highest BCUT2D eigenvalue weighted by molar-refractivity contribution is 7.18. The molecule has 2 aromatic heterocycles. The van der Waals surface area contributed by atoms with E-state index in [2.05, 4.69) is 275 Å². The molecule has 2 nitrogen and oxygen atoms in total. The van der Waals surface area contributed by atoms with Crippen LogP contribution in [-0.2, 0) is 0 Å². The van der Waals surface area contributed by atoms with Crippen LogP contribution in [-0.4, -0.2) is 0 Å². The first kappa shape index (κ1) is 41.2. The predicted octanol–water partition coefficient (Wildman–Crippen LogP) is 19.4. The molecule has 0 aliphatic carbocycles. The van der Waals surface area contributed by atoms with Crippen LogP contribution in [0.3, 0.4) is 0 Å². The van der Waals surface area contributed by atoms with Crippen molar-refractivity contribution < 1.29 is 0 Å². The summed E-state index contributed by atoms with van der Waals surface area (Å²) in [6.07, 6.45) is 0. The summed E-state index contributed by atoms with van der Waals surface area (Å²) in [7, 11) is 0. The highest BCUT2D eigenvalue weighted by atomic mass is 32.1. The molecule has 2 heterocycles. The summed E-state index contributed by atoms with van der Waals surface area (Å²) in [6, 6.07) is 92.2. The maximum atomic E-state index is 2.35. The summed E-state index contributed by atoms with van der Waals surface area (Å²) in [5, 5.41) is 7.14. The van der Waals surface area contributed by atoms with Crippen molar-refractivity contribution in [3.05, 3.63) is 266 Å². The highest BCUT2D eigenvalue weighted by Crippen LogP contribution is 2.42. The van der Waals surface area contributed by atoms with Gasteiger partial charge in [-0.25, -0.2) is 0 Å². The van der Waals surface area contributed by atoms with E-state index in [-0.39, 0.29) is 0 Å². The highest BCUT2D eigenvalue weighted by Gasteiger charge is 2.17. The number of benzene rings is 10. The molecule has 0 unspecified atom stereocenters. The molecule has 0 amide bonds. The lowest BCUT2D eigenvalue weighted by Crippen LogP contribution is -2.10. The molecular formula is C64H44N2S2. The largest absolute Gasteiger partial charge is 0.311 e. The van der Waals surface area contributed by atoms with E-state index in [1.807, 2.05) is 0 Å². The van der Waals surface area contributed by atoms with Crippen LogP contribution in [0.4, 0.5) is 34.1 Å². The van der Waals surface area contributed by atoms with Gasteiger partial charge in [0, 0.05) is 65.4 Å². The smallest absolute Gasteiger partial charge is 0.0462 e. The zero-order valence-electron chi connectivity index (χ0n) is 37.1. The van der Waals surface area contributed by atoms with Gasteiger partial charge in [0.1, 0.15) is 0 Å². The number of rotatable bonds is 11. The molecule has 0 bridgehead atoms. The first-order valence-electron chi connectivity index (χ1n) is 23.0. The fraction of sp³-hybridized carbons (Fsp3) is 0. The maximum absolute atomic E-state index is 2.35. The number of anilines is 6. The van der Waals surface area contributed by atoms with Gasteiger partial charge in [-0.2, -0.15) is 0 Å². The molecule has 0 spiro atoms. The van der Waals surface area contributed by atoms with Crippen molar-refractivity contribution in [2.24, 2.45) is 0 Å². The van der Waals surface area contributed by atoms with Crippen LogP contribution >= 0.6 is 22.7 Å². The van der Waals surface area contributed by atoms with E-state index in [0.717, 1.165) is 45.3 Å². The average molecular weight is 905 g/mol. The fourth-order valence-electron chi connectivity index (χ4n) is 9.35. The zero-order valence-corrected chi connectivity index (χ0v) is 38.7. The van der Waals surface area contributed by atoms with Gasteiger partial charge in [-0.1, -0.05) is 170 Å². The number of thiophene rings is 2. The molecule has 322 valence electrons. The summed E-state index contributed by atoms with van der Waals surface area (Å²) in [4.78, 5) is 4.70. The maximum Gasteiger partial charge on any atom is 0.0462 e. The van der Waals surface area contributed by atoms with Crippen molar-refractivity contribution in [3.8, 4) is 55.6 Å². The average Bonchev–Trinajstić information content (AvgIpc) is 4.06. The third-order valence-corrected chi connectivity index (χ3v) is 14.8. The topological polar surface area (TPSA) is 6.48 Å². The van der Waals surface area contributed by atoms with Gasteiger partial charge in [0.15, 0.2) is 0 Å².